The maximum absolute atomic E-state index is 13.9. The number of ether oxygens (including phenoxy) is 3. The number of unbranched alkanes of at least 4 members (excludes halogenated alkanes) is 2. The van der Waals surface area contributed by atoms with E-state index in [0.717, 1.165) is 36.0 Å². The van der Waals surface area contributed by atoms with Crippen LogP contribution in [0.15, 0.2) is 101 Å². The number of aromatic nitrogens is 2. The molecule has 1 N–H and O–H groups in total. The maximum Gasteiger partial charge on any atom is 0.301 e. The van der Waals surface area contributed by atoms with Gasteiger partial charge in [0.2, 0.25) is 5.13 Å². The number of nitrogens with zero attached hydrogens (tertiary/aromatic N) is 3. The van der Waals surface area contributed by atoms with Gasteiger partial charge in [0.1, 0.15) is 18.1 Å². The van der Waals surface area contributed by atoms with E-state index in [-0.39, 0.29) is 16.5 Å². The summed E-state index contributed by atoms with van der Waals surface area (Å²) in [5.41, 5.74) is 4.01. The van der Waals surface area contributed by atoms with Crippen LogP contribution in [-0.2, 0) is 21.9 Å². The van der Waals surface area contributed by atoms with E-state index in [1.54, 1.807) is 42.5 Å². The molecule has 1 atom stereocenters. The summed E-state index contributed by atoms with van der Waals surface area (Å²) >= 11 is 8.69. The van der Waals surface area contributed by atoms with Crippen LogP contribution in [0.5, 0.6) is 17.2 Å². The molecule has 1 unspecified atom stereocenters. The number of rotatable bonds is 15. The van der Waals surface area contributed by atoms with E-state index in [0.29, 0.717) is 56.7 Å². The fourth-order valence-corrected chi connectivity index (χ4v) is 7.72. The molecule has 2 heterocycles. The summed E-state index contributed by atoms with van der Waals surface area (Å²) in [6, 6.07) is 26.6. The Labute approximate surface area is 316 Å². The fourth-order valence-electron chi connectivity index (χ4n) is 5.77. The molecule has 12 heteroatoms. The molecule has 0 radical (unpaired) electrons. The molecule has 0 bridgehead atoms. The van der Waals surface area contributed by atoms with Crippen LogP contribution >= 0.6 is 34.7 Å². The number of hydrogen-bond donors (Lipinski definition) is 1. The van der Waals surface area contributed by atoms with E-state index in [1.165, 1.54) is 35.1 Å². The van der Waals surface area contributed by atoms with E-state index < -0.39 is 17.7 Å². The molecule has 0 spiro atoms. The summed E-state index contributed by atoms with van der Waals surface area (Å²) < 4.78 is 18.3. The number of amides is 1. The van der Waals surface area contributed by atoms with Crippen LogP contribution in [0.25, 0.3) is 5.76 Å². The zero-order valence-corrected chi connectivity index (χ0v) is 31.4. The Morgan fingerprint density at radius 1 is 0.923 bits per heavy atom. The first-order valence-corrected chi connectivity index (χ1v) is 19.0. The third-order valence-electron chi connectivity index (χ3n) is 8.45. The van der Waals surface area contributed by atoms with E-state index in [9.17, 15) is 14.7 Å². The lowest BCUT2D eigenvalue weighted by Gasteiger charge is -2.23. The largest absolute Gasteiger partial charge is 0.507 e. The molecular weight excluding hydrogens is 718 g/mol. The third kappa shape index (κ3) is 8.61. The molecule has 9 nitrogen and oxygen atoms in total. The number of methoxy groups -OCH3 is 1. The summed E-state index contributed by atoms with van der Waals surface area (Å²) in [5.74, 6) is 0.183. The summed E-state index contributed by atoms with van der Waals surface area (Å²) in [4.78, 5) is 29.0. The first kappa shape index (κ1) is 36.9. The topological polar surface area (TPSA) is 111 Å². The van der Waals surface area contributed by atoms with Gasteiger partial charge in [0.05, 0.1) is 25.3 Å². The Morgan fingerprint density at radius 2 is 1.71 bits per heavy atom. The Balaban J connectivity index is 1.33. The molecule has 1 aliphatic heterocycles. The van der Waals surface area contributed by atoms with E-state index >= 15 is 0 Å². The molecule has 1 fully saturated rings. The first-order chi connectivity index (χ1) is 25.2. The highest BCUT2D eigenvalue weighted by atomic mass is 35.5. The number of carbonyl (C=O) groups excluding carboxylic acids is 2. The Morgan fingerprint density at radius 3 is 2.44 bits per heavy atom. The van der Waals surface area contributed by atoms with Gasteiger partial charge < -0.3 is 19.3 Å². The second-order valence-electron chi connectivity index (χ2n) is 12.2. The van der Waals surface area contributed by atoms with Crippen molar-refractivity contribution in [2.75, 3.05) is 18.6 Å². The minimum absolute atomic E-state index is 0.0809. The average molecular weight is 756 g/mol. The fraction of sp³-hybridized carbons (Fsp3) is 0.250. The van der Waals surface area contributed by atoms with Gasteiger partial charge in [0.15, 0.2) is 15.8 Å². The van der Waals surface area contributed by atoms with Crippen molar-refractivity contribution in [1.82, 2.24) is 10.2 Å². The lowest BCUT2D eigenvalue weighted by atomic mass is 9.95. The van der Waals surface area contributed by atoms with Gasteiger partial charge in [-0.25, -0.2) is 0 Å². The normalized spacial score (nSPS) is 15.2. The summed E-state index contributed by atoms with van der Waals surface area (Å²) in [7, 11) is 1.53. The van der Waals surface area contributed by atoms with Gasteiger partial charge in [-0.05, 0) is 78.6 Å². The molecule has 0 saturated carbocycles. The van der Waals surface area contributed by atoms with E-state index in [2.05, 4.69) is 23.2 Å². The zero-order chi connectivity index (χ0) is 36.6. The van der Waals surface area contributed by atoms with Crippen LogP contribution in [0.2, 0.25) is 5.02 Å². The molecule has 52 heavy (non-hydrogen) atoms. The van der Waals surface area contributed by atoms with Crippen molar-refractivity contribution in [3.8, 4) is 17.2 Å². The molecule has 4 aromatic carbocycles. The smallest absolute Gasteiger partial charge is 0.301 e. The SMILES string of the molecule is CCCCCOc1ccc(C2C(=C(O)c3ccc(OCc4cccc(C)c4)cc3)C(=O)C(=O)N2c2nnc(SCc3ccc(Cl)cc3)s2)cc1OC. The van der Waals surface area contributed by atoms with E-state index in [1.807, 2.05) is 49.4 Å². The number of ketones is 1. The number of benzene rings is 4. The molecule has 6 rings (SSSR count). The lowest BCUT2D eigenvalue weighted by Crippen LogP contribution is -2.29. The van der Waals surface area contributed by atoms with Crippen LogP contribution in [0.4, 0.5) is 5.13 Å². The second kappa shape index (κ2) is 17.1. The van der Waals surface area contributed by atoms with Crippen LogP contribution in [0, 0.1) is 6.92 Å². The third-order valence-corrected chi connectivity index (χ3v) is 10.8. The number of hydrogen-bond acceptors (Lipinski definition) is 10. The maximum atomic E-state index is 13.9. The van der Waals surface area contributed by atoms with Crippen LogP contribution in [-0.4, -0.2) is 40.7 Å². The molecule has 1 saturated heterocycles. The molecule has 0 aliphatic carbocycles. The van der Waals surface area contributed by atoms with Gasteiger partial charge >= 0.3 is 5.91 Å². The van der Waals surface area contributed by atoms with Crippen molar-refractivity contribution in [2.45, 2.75) is 55.9 Å². The number of carbonyl (C=O) groups is 2. The predicted octanol–water partition coefficient (Wildman–Crippen LogP) is 9.58. The van der Waals surface area contributed by atoms with Gasteiger partial charge in [0.25, 0.3) is 5.78 Å². The van der Waals surface area contributed by atoms with Gasteiger partial charge in [-0.1, -0.05) is 102 Å². The van der Waals surface area contributed by atoms with Crippen molar-refractivity contribution < 1.29 is 28.9 Å². The molecule has 268 valence electrons. The number of aryl methyl sites for hydroxylation is 1. The second-order valence-corrected chi connectivity index (χ2v) is 14.8. The predicted molar refractivity (Wildman–Crippen MR) is 206 cm³/mol. The highest BCUT2D eigenvalue weighted by Crippen LogP contribution is 2.46. The average Bonchev–Trinajstić information content (AvgIpc) is 3.73. The number of thioether (sulfide) groups is 1. The van der Waals surface area contributed by atoms with Crippen molar-refractivity contribution in [1.29, 1.82) is 0 Å². The number of halogens is 1. The van der Waals surface area contributed by atoms with Gasteiger partial charge in [0, 0.05) is 16.3 Å². The van der Waals surface area contributed by atoms with E-state index in [4.69, 9.17) is 25.8 Å². The number of anilines is 1. The van der Waals surface area contributed by atoms with Crippen molar-refractivity contribution in [3.63, 3.8) is 0 Å². The molecular formula is C40H38ClN3O6S2. The lowest BCUT2D eigenvalue weighted by molar-refractivity contribution is -0.132. The summed E-state index contributed by atoms with van der Waals surface area (Å²) in [6.07, 6.45) is 3.00. The number of Topliss-reactive ketones (excluding diaryl/α,β-unsaturated/α-hetero) is 1. The van der Waals surface area contributed by atoms with Gasteiger partial charge in [-0.2, -0.15) is 0 Å². The van der Waals surface area contributed by atoms with Crippen molar-refractivity contribution >= 4 is 57.3 Å². The number of aliphatic hydroxyl groups excluding tert-OH is 1. The van der Waals surface area contributed by atoms with Gasteiger partial charge in [-0.3, -0.25) is 14.5 Å². The molecule has 1 amide bonds. The number of aliphatic hydroxyl groups is 1. The highest BCUT2D eigenvalue weighted by molar-refractivity contribution is 8.00. The standard InChI is InChI=1S/C40H38ClN3O6S2/c1-4-5-6-20-49-32-19-14-29(22-33(32)48-3)35-34(36(45)28-12-17-31(18-13-28)50-23-27-9-7-8-25(2)21-27)37(46)38(47)44(35)39-42-43-40(52-39)51-24-26-10-15-30(41)16-11-26/h7-19,21-22,35,45H,4-6,20,23-24H2,1-3H3. The first-order valence-electron chi connectivity index (χ1n) is 16.9. The minimum Gasteiger partial charge on any atom is -0.507 e. The Kier molecular flexibility index (Phi) is 12.2. The van der Waals surface area contributed by atoms with Crippen LogP contribution in [0.3, 0.4) is 0 Å². The zero-order valence-electron chi connectivity index (χ0n) is 29.0. The molecule has 1 aromatic heterocycles. The highest BCUT2D eigenvalue weighted by Gasteiger charge is 2.48. The summed E-state index contributed by atoms with van der Waals surface area (Å²) in [6.45, 7) is 5.05. The van der Waals surface area contributed by atoms with Crippen LogP contribution < -0.4 is 19.1 Å². The van der Waals surface area contributed by atoms with Crippen molar-refractivity contribution in [3.05, 3.63) is 129 Å². The van der Waals surface area contributed by atoms with Crippen molar-refractivity contribution in [2.24, 2.45) is 0 Å². The summed E-state index contributed by atoms with van der Waals surface area (Å²) in [5, 5.41) is 21.3. The quantitative estimate of drug-likeness (QED) is 0.0279. The Bertz CT molecular complexity index is 2070. The van der Waals surface area contributed by atoms with Gasteiger partial charge in [-0.15, -0.1) is 10.2 Å². The van der Waals surface area contributed by atoms with Crippen LogP contribution in [0.1, 0.15) is 60.0 Å². The minimum atomic E-state index is -1.03. The monoisotopic (exact) mass is 755 g/mol. The molecule has 1 aliphatic rings. The Hall–Kier alpha value is -4.84. The molecule has 5 aromatic rings.